The van der Waals surface area contributed by atoms with Crippen molar-refractivity contribution in [3.63, 3.8) is 0 Å². The number of nitrogens with zero attached hydrogens (tertiary/aromatic N) is 2. The molecule has 0 saturated carbocycles. The molecule has 1 aromatic carbocycles. The van der Waals surface area contributed by atoms with Crippen LogP contribution in [0.15, 0.2) is 18.2 Å². The van der Waals surface area contributed by atoms with Crippen molar-refractivity contribution in [3.05, 3.63) is 41.1 Å². The topological polar surface area (TPSA) is 31.9 Å². The Hall–Kier alpha value is -1.75. The first-order valence-corrected chi connectivity index (χ1v) is 5.85. The van der Waals surface area contributed by atoms with Crippen LogP contribution in [0.25, 0.3) is 11.3 Å². The summed E-state index contributed by atoms with van der Waals surface area (Å²) in [5.41, 5.74) is 2.73. The molecule has 0 fully saturated rings. The second-order valence-electron chi connectivity index (χ2n) is 4.64. The molecule has 0 saturated heterocycles. The van der Waals surface area contributed by atoms with E-state index in [1.165, 1.54) is 6.07 Å². The molecule has 0 bridgehead atoms. The molecule has 94 valence electrons. The van der Waals surface area contributed by atoms with E-state index in [4.69, 9.17) is 0 Å². The summed E-state index contributed by atoms with van der Waals surface area (Å²) in [4.78, 5) is 2.14. The average molecular weight is 249 g/mol. The molecule has 3 rings (SSSR count). The van der Waals surface area contributed by atoms with Gasteiger partial charge in [0.15, 0.2) is 0 Å². The molecule has 18 heavy (non-hydrogen) atoms. The smallest absolute Gasteiger partial charge is 0.132 e. The van der Waals surface area contributed by atoms with Crippen LogP contribution in [0.5, 0.6) is 0 Å². The first-order chi connectivity index (χ1) is 8.65. The molecule has 0 spiro atoms. The highest BCUT2D eigenvalue weighted by Gasteiger charge is 2.22. The summed E-state index contributed by atoms with van der Waals surface area (Å²) >= 11 is 0. The largest absolute Gasteiger partial charge is 0.302 e. The monoisotopic (exact) mass is 249 g/mol. The number of H-pyrrole nitrogens is 1. The Morgan fingerprint density at radius 1 is 1.33 bits per heavy atom. The molecule has 1 aliphatic rings. The van der Waals surface area contributed by atoms with Crippen LogP contribution in [0, 0.1) is 11.6 Å². The van der Waals surface area contributed by atoms with E-state index in [2.05, 4.69) is 15.1 Å². The quantitative estimate of drug-likeness (QED) is 0.841. The summed E-state index contributed by atoms with van der Waals surface area (Å²) in [6, 6.07) is 3.45. The molecular weight excluding hydrogens is 236 g/mol. The lowest BCUT2D eigenvalue weighted by molar-refractivity contribution is 0.312. The van der Waals surface area contributed by atoms with Gasteiger partial charge in [0.1, 0.15) is 11.6 Å². The lowest BCUT2D eigenvalue weighted by Gasteiger charge is -2.22. The third kappa shape index (κ3) is 1.80. The van der Waals surface area contributed by atoms with Gasteiger partial charge in [0.25, 0.3) is 0 Å². The van der Waals surface area contributed by atoms with Crippen molar-refractivity contribution < 1.29 is 8.78 Å². The molecule has 1 aromatic heterocycles. The van der Waals surface area contributed by atoms with Gasteiger partial charge in [-0.3, -0.25) is 5.10 Å². The number of nitrogens with one attached hydrogen (secondary N) is 1. The van der Waals surface area contributed by atoms with E-state index >= 15 is 0 Å². The molecule has 0 radical (unpaired) electrons. The van der Waals surface area contributed by atoms with Crippen molar-refractivity contribution in [2.45, 2.75) is 13.0 Å². The zero-order valence-electron chi connectivity index (χ0n) is 10.0. The van der Waals surface area contributed by atoms with Gasteiger partial charge in [0, 0.05) is 36.3 Å². The van der Waals surface area contributed by atoms with Crippen LogP contribution in [0.3, 0.4) is 0 Å². The van der Waals surface area contributed by atoms with Crippen LogP contribution in [0.1, 0.15) is 11.3 Å². The van der Waals surface area contributed by atoms with E-state index in [0.29, 0.717) is 12.2 Å². The van der Waals surface area contributed by atoms with Gasteiger partial charge in [0.2, 0.25) is 0 Å². The molecule has 2 aromatic rings. The molecule has 2 heterocycles. The molecule has 0 unspecified atom stereocenters. The van der Waals surface area contributed by atoms with Crippen LogP contribution < -0.4 is 0 Å². The van der Waals surface area contributed by atoms with Gasteiger partial charge in [-0.15, -0.1) is 0 Å². The third-order valence-electron chi connectivity index (χ3n) is 3.31. The minimum absolute atomic E-state index is 0.225. The first kappa shape index (κ1) is 11.3. The second kappa shape index (κ2) is 4.17. The van der Waals surface area contributed by atoms with Crippen molar-refractivity contribution in [2.75, 3.05) is 13.6 Å². The fourth-order valence-corrected chi connectivity index (χ4v) is 2.33. The molecule has 0 atom stereocenters. The minimum atomic E-state index is -0.452. The zero-order valence-corrected chi connectivity index (χ0v) is 10.0. The van der Waals surface area contributed by atoms with E-state index in [1.807, 2.05) is 7.05 Å². The maximum Gasteiger partial charge on any atom is 0.132 e. The Bertz CT molecular complexity index is 592. The normalized spacial score (nSPS) is 15.7. The van der Waals surface area contributed by atoms with Gasteiger partial charge in [-0.2, -0.15) is 5.10 Å². The number of fused-ring (bicyclic) bond motifs is 1. The van der Waals surface area contributed by atoms with Gasteiger partial charge >= 0.3 is 0 Å². The lowest BCUT2D eigenvalue weighted by Crippen LogP contribution is -2.26. The Morgan fingerprint density at radius 3 is 3.00 bits per heavy atom. The highest BCUT2D eigenvalue weighted by Crippen LogP contribution is 2.29. The van der Waals surface area contributed by atoms with Crippen LogP contribution >= 0.6 is 0 Å². The van der Waals surface area contributed by atoms with Gasteiger partial charge < -0.3 is 4.90 Å². The van der Waals surface area contributed by atoms with E-state index in [1.54, 1.807) is 0 Å². The van der Waals surface area contributed by atoms with Crippen molar-refractivity contribution >= 4 is 0 Å². The average Bonchev–Trinajstić information content (AvgIpc) is 2.75. The summed E-state index contributed by atoms with van der Waals surface area (Å²) < 4.78 is 27.0. The molecule has 0 aliphatic carbocycles. The Kier molecular flexibility index (Phi) is 2.63. The van der Waals surface area contributed by atoms with Gasteiger partial charge in [-0.25, -0.2) is 8.78 Å². The number of hydrogen-bond acceptors (Lipinski definition) is 2. The number of benzene rings is 1. The van der Waals surface area contributed by atoms with E-state index < -0.39 is 11.6 Å². The molecule has 3 nitrogen and oxygen atoms in total. The van der Waals surface area contributed by atoms with Crippen molar-refractivity contribution in [1.82, 2.24) is 15.1 Å². The zero-order chi connectivity index (χ0) is 12.7. The van der Waals surface area contributed by atoms with Crippen molar-refractivity contribution in [1.29, 1.82) is 0 Å². The highest BCUT2D eigenvalue weighted by molar-refractivity contribution is 5.65. The molecular formula is C13H13F2N3. The SMILES string of the molecule is CN1CCc2[nH]nc(-c3cc(F)ccc3F)c2C1. The summed E-state index contributed by atoms with van der Waals surface area (Å²) in [6.45, 7) is 1.65. The second-order valence-corrected chi connectivity index (χ2v) is 4.64. The number of hydrogen-bond donors (Lipinski definition) is 1. The number of rotatable bonds is 1. The van der Waals surface area contributed by atoms with E-state index in [-0.39, 0.29) is 5.56 Å². The minimum Gasteiger partial charge on any atom is -0.302 e. The summed E-state index contributed by atoms with van der Waals surface area (Å²) in [5.74, 6) is -0.897. The summed E-state index contributed by atoms with van der Waals surface area (Å²) in [6.07, 6.45) is 0.857. The number of aromatic nitrogens is 2. The van der Waals surface area contributed by atoms with Crippen LogP contribution in [0.2, 0.25) is 0 Å². The molecule has 5 heteroatoms. The first-order valence-electron chi connectivity index (χ1n) is 5.85. The fourth-order valence-electron chi connectivity index (χ4n) is 2.33. The number of aromatic amines is 1. The standard InChI is InChI=1S/C13H13F2N3/c1-18-5-4-12-10(7-18)13(17-16-12)9-6-8(14)2-3-11(9)15/h2-3,6H,4-5,7H2,1H3,(H,16,17). The predicted molar refractivity (Wildman–Crippen MR) is 64.0 cm³/mol. The molecule has 0 amide bonds. The van der Waals surface area contributed by atoms with Crippen molar-refractivity contribution in [2.24, 2.45) is 0 Å². The Morgan fingerprint density at radius 2 is 2.17 bits per heavy atom. The summed E-state index contributed by atoms with van der Waals surface area (Å²) in [5, 5.41) is 7.07. The van der Waals surface area contributed by atoms with Crippen LogP contribution in [0.4, 0.5) is 8.78 Å². The molecule has 1 aliphatic heterocycles. The van der Waals surface area contributed by atoms with E-state index in [0.717, 1.165) is 36.4 Å². The Labute approximate surface area is 103 Å². The number of halogens is 2. The van der Waals surface area contributed by atoms with E-state index in [9.17, 15) is 8.78 Å². The number of likely N-dealkylation sites (N-methyl/N-ethyl adjacent to an activating group) is 1. The fraction of sp³-hybridized carbons (Fsp3) is 0.308. The van der Waals surface area contributed by atoms with Gasteiger partial charge in [0.05, 0.1) is 5.69 Å². The molecule has 1 N–H and O–H groups in total. The van der Waals surface area contributed by atoms with Crippen molar-refractivity contribution in [3.8, 4) is 11.3 Å². The van der Waals surface area contributed by atoms with Crippen LogP contribution in [-0.2, 0) is 13.0 Å². The maximum absolute atomic E-state index is 13.8. The van der Waals surface area contributed by atoms with Crippen LogP contribution in [-0.4, -0.2) is 28.7 Å². The van der Waals surface area contributed by atoms with Gasteiger partial charge in [-0.1, -0.05) is 0 Å². The predicted octanol–water partition coefficient (Wildman–Crippen LogP) is 2.34. The summed E-state index contributed by atoms with van der Waals surface area (Å²) in [7, 11) is 2.00. The Balaban J connectivity index is 2.12. The lowest BCUT2D eigenvalue weighted by atomic mass is 10.0. The maximum atomic E-state index is 13.8. The highest BCUT2D eigenvalue weighted by atomic mass is 19.1. The third-order valence-corrected chi connectivity index (χ3v) is 3.31. The van der Waals surface area contributed by atoms with Gasteiger partial charge in [-0.05, 0) is 25.2 Å².